The van der Waals surface area contributed by atoms with E-state index < -0.39 is 5.97 Å². The van der Waals surface area contributed by atoms with Crippen LogP contribution in [0.4, 0.5) is 0 Å². The number of furan rings is 1. The van der Waals surface area contributed by atoms with Crippen molar-refractivity contribution < 1.29 is 18.5 Å². The number of benzene rings is 1. The normalized spacial score (nSPS) is 15.4. The number of nitrogens with zero attached hydrogens (tertiary/aromatic N) is 3. The van der Waals surface area contributed by atoms with Crippen molar-refractivity contribution in [2.24, 2.45) is 0 Å². The zero-order chi connectivity index (χ0) is 20.7. The highest BCUT2D eigenvalue weighted by molar-refractivity contribution is 7.99. The Bertz CT molecular complexity index is 1270. The summed E-state index contributed by atoms with van der Waals surface area (Å²) in [5.41, 5.74) is 1.77. The number of carbonyl (C=O) groups excluding carboxylic acids is 1. The largest absolute Gasteiger partial charge is 0.459 e. The van der Waals surface area contributed by atoms with Crippen molar-refractivity contribution in [1.82, 2.24) is 14.7 Å². The van der Waals surface area contributed by atoms with Gasteiger partial charge in [0.15, 0.2) is 10.9 Å². The van der Waals surface area contributed by atoms with E-state index in [9.17, 15) is 9.59 Å². The quantitative estimate of drug-likeness (QED) is 0.354. The second-order valence-corrected chi connectivity index (χ2v) is 8.04. The second kappa shape index (κ2) is 7.49. The molecule has 4 heterocycles. The third kappa shape index (κ3) is 3.52. The molecule has 1 atom stereocenters. The van der Waals surface area contributed by atoms with Crippen LogP contribution in [-0.4, -0.2) is 26.4 Å². The zero-order valence-electron chi connectivity index (χ0n) is 16.0. The Morgan fingerprint density at radius 2 is 2.13 bits per heavy atom. The van der Waals surface area contributed by atoms with Crippen LogP contribution in [0.1, 0.15) is 23.9 Å². The SMILES string of the molecule is Cc1cc(=O)n2c(n1)SCC2CC(=O)OCc1cc(-c2cc3ccccc3o2)on1. The fourth-order valence-electron chi connectivity index (χ4n) is 3.42. The summed E-state index contributed by atoms with van der Waals surface area (Å²) in [4.78, 5) is 28.9. The van der Waals surface area contributed by atoms with Crippen molar-refractivity contribution in [3.63, 3.8) is 0 Å². The van der Waals surface area contributed by atoms with Crippen LogP contribution in [0.3, 0.4) is 0 Å². The fourth-order valence-corrected chi connectivity index (χ4v) is 4.61. The number of para-hydroxylation sites is 1. The average Bonchev–Trinajstić information content (AvgIpc) is 3.44. The highest BCUT2D eigenvalue weighted by Crippen LogP contribution is 2.32. The van der Waals surface area contributed by atoms with Crippen molar-refractivity contribution in [2.45, 2.75) is 31.1 Å². The van der Waals surface area contributed by atoms with E-state index in [1.807, 2.05) is 30.3 Å². The maximum Gasteiger partial charge on any atom is 0.308 e. The van der Waals surface area contributed by atoms with E-state index in [4.69, 9.17) is 13.7 Å². The molecule has 0 spiro atoms. The van der Waals surface area contributed by atoms with E-state index in [1.165, 1.54) is 17.8 Å². The number of thioether (sulfide) groups is 1. The molecule has 0 bridgehead atoms. The number of ether oxygens (including phenoxy) is 1. The van der Waals surface area contributed by atoms with Gasteiger partial charge in [0.2, 0.25) is 5.76 Å². The fraction of sp³-hybridized carbons (Fsp3) is 0.238. The van der Waals surface area contributed by atoms with Crippen molar-refractivity contribution in [3.8, 4) is 11.5 Å². The van der Waals surface area contributed by atoms with Gasteiger partial charge in [0.1, 0.15) is 17.9 Å². The second-order valence-electron chi connectivity index (χ2n) is 7.05. The summed E-state index contributed by atoms with van der Waals surface area (Å²) < 4.78 is 18.0. The topological polar surface area (TPSA) is 100 Å². The number of carbonyl (C=O) groups is 1. The van der Waals surface area contributed by atoms with Gasteiger partial charge in [0.05, 0.1) is 12.5 Å². The molecular formula is C21H17N3O5S. The summed E-state index contributed by atoms with van der Waals surface area (Å²) >= 11 is 1.47. The summed E-state index contributed by atoms with van der Waals surface area (Å²) in [7, 11) is 0. The van der Waals surface area contributed by atoms with Gasteiger partial charge in [-0.3, -0.25) is 14.2 Å². The number of aromatic nitrogens is 3. The van der Waals surface area contributed by atoms with Crippen LogP contribution >= 0.6 is 11.8 Å². The zero-order valence-corrected chi connectivity index (χ0v) is 16.8. The van der Waals surface area contributed by atoms with E-state index in [-0.39, 0.29) is 24.6 Å². The molecule has 0 aliphatic carbocycles. The van der Waals surface area contributed by atoms with Crippen molar-refractivity contribution >= 4 is 28.7 Å². The molecule has 1 aliphatic heterocycles. The van der Waals surface area contributed by atoms with Gasteiger partial charge in [0.25, 0.3) is 5.56 Å². The number of rotatable bonds is 5. The molecule has 4 aromatic rings. The van der Waals surface area contributed by atoms with Crippen LogP contribution in [0.15, 0.2) is 61.4 Å². The minimum absolute atomic E-state index is 0.0175. The Labute approximate surface area is 174 Å². The first-order chi connectivity index (χ1) is 14.6. The van der Waals surface area contributed by atoms with Crippen LogP contribution in [0.25, 0.3) is 22.5 Å². The Hall–Kier alpha value is -3.33. The minimum Gasteiger partial charge on any atom is -0.459 e. The lowest BCUT2D eigenvalue weighted by molar-refractivity contribution is -0.145. The summed E-state index contributed by atoms with van der Waals surface area (Å²) in [5, 5.41) is 5.55. The molecule has 1 aromatic carbocycles. The predicted molar refractivity (Wildman–Crippen MR) is 109 cm³/mol. The monoisotopic (exact) mass is 423 g/mol. The molecule has 30 heavy (non-hydrogen) atoms. The summed E-state index contributed by atoms with van der Waals surface area (Å²) in [6.07, 6.45) is 0.0962. The number of aryl methyl sites for hydroxylation is 1. The van der Waals surface area contributed by atoms with Gasteiger partial charge in [-0.2, -0.15) is 0 Å². The Kier molecular flexibility index (Phi) is 4.66. The first-order valence-corrected chi connectivity index (χ1v) is 10.4. The molecule has 0 fully saturated rings. The van der Waals surface area contributed by atoms with Crippen LogP contribution in [0.2, 0.25) is 0 Å². The van der Waals surface area contributed by atoms with E-state index in [1.54, 1.807) is 17.6 Å². The third-order valence-corrected chi connectivity index (χ3v) is 5.93. The molecule has 0 radical (unpaired) electrons. The number of hydrogen-bond acceptors (Lipinski definition) is 8. The van der Waals surface area contributed by atoms with E-state index in [0.717, 1.165) is 11.0 Å². The third-order valence-electron chi connectivity index (χ3n) is 4.83. The number of hydrogen-bond donors (Lipinski definition) is 0. The molecule has 1 unspecified atom stereocenters. The van der Waals surface area contributed by atoms with Gasteiger partial charge < -0.3 is 13.7 Å². The average molecular weight is 423 g/mol. The molecule has 5 rings (SSSR count). The molecule has 3 aromatic heterocycles. The van der Waals surface area contributed by atoms with Crippen molar-refractivity contribution in [2.75, 3.05) is 5.75 Å². The lowest BCUT2D eigenvalue weighted by atomic mass is 10.2. The standard InChI is InChI=1S/C21H17N3O5S/c1-12-6-19(25)24-15(11-30-21(24)22-12)9-20(26)27-10-14-8-18(29-23-14)17-7-13-4-2-3-5-16(13)28-17/h2-8,15H,9-11H2,1H3. The highest BCUT2D eigenvalue weighted by atomic mass is 32.2. The Morgan fingerprint density at radius 1 is 1.27 bits per heavy atom. The molecule has 152 valence electrons. The maximum absolute atomic E-state index is 12.3. The Balaban J connectivity index is 1.23. The van der Waals surface area contributed by atoms with Crippen molar-refractivity contribution in [3.05, 3.63) is 64.2 Å². The van der Waals surface area contributed by atoms with Gasteiger partial charge in [-0.05, 0) is 19.1 Å². The molecule has 9 heteroatoms. The summed E-state index contributed by atoms with van der Waals surface area (Å²) in [5.74, 6) is 1.23. The molecule has 0 saturated carbocycles. The van der Waals surface area contributed by atoms with Crippen LogP contribution in [-0.2, 0) is 16.1 Å². The van der Waals surface area contributed by atoms with Crippen LogP contribution in [0.5, 0.6) is 0 Å². The molecule has 0 N–H and O–H groups in total. The van der Waals surface area contributed by atoms with Crippen LogP contribution in [0, 0.1) is 6.92 Å². The molecule has 0 amide bonds. The predicted octanol–water partition coefficient (Wildman–Crippen LogP) is 3.73. The minimum atomic E-state index is -0.408. The Morgan fingerprint density at radius 3 is 3.00 bits per heavy atom. The van der Waals surface area contributed by atoms with Crippen molar-refractivity contribution in [1.29, 1.82) is 0 Å². The van der Waals surface area contributed by atoms with E-state index in [2.05, 4.69) is 10.1 Å². The first-order valence-electron chi connectivity index (χ1n) is 9.40. The summed E-state index contributed by atoms with van der Waals surface area (Å²) in [6.45, 7) is 1.76. The molecular weight excluding hydrogens is 406 g/mol. The first kappa shape index (κ1) is 18.7. The lowest BCUT2D eigenvalue weighted by Crippen LogP contribution is -2.26. The number of fused-ring (bicyclic) bond motifs is 2. The van der Waals surface area contributed by atoms with E-state index >= 15 is 0 Å². The lowest BCUT2D eigenvalue weighted by Gasteiger charge is -2.12. The summed E-state index contributed by atoms with van der Waals surface area (Å²) in [6, 6.07) is 12.4. The molecule has 1 aliphatic rings. The van der Waals surface area contributed by atoms with Gasteiger partial charge in [-0.25, -0.2) is 4.98 Å². The van der Waals surface area contributed by atoms with E-state index in [0.29, 0.717) is 33.8 Å². The van der Waals surface area contributed by atoms with Gasteiger partial charge in [-0.1, -0.05) is 35.1 Å². The highest BCUT2D eigenvalue weighted by Gasteiger charge is 2.28. The van der Waals surface area contributed by atoms with Gasteiger partial charge >= 0.3 is 5.97 Å². The smallest absolute Gasteiger partial charge is 0.308 e. The van der Waals surface area contributed by atoms with Crippen LogP contribution < -0.4 is 5.56 Å². The molecule has 8 nitrogen and oxygen atoms in total. The maximum atomic E-state index is 12.3. The van der Waals surface area contributed by atoms with Gasteiger partial charge in [-0.15, -0.1) is 0 Å². The number of esters is 1. The molecule has 0 saturated heterocycles. The van der Waals surface area contributed by atoms with Gasteiger partial charge in [0, 0.05) is 29.0 Å².